The summed E-state index contributed by atoms with van der Waals surface area (Å²) in [4.78, 5) is 8.04. The van der Waals surface area contributed by atoms with Crippen molar-refractivity contribution >= 4 is 0 Å². The third-order valence-corrected chi connectivity index (χ3v) is 6.36. The summed E-state index contributed by atoms with van der Waals surface area (Å²) in [6.45, 7) is 20.2. The number of likely N-dealkylation sites (tertiary alicyclic amines) is 3. The Labute approximate surface area is 138 Å². The van der Waals surface area contributed by atoms with Crippen LogP contribution in [0.3, 0.4) is 0 Å². The molecule has 3 saturated heterocycles. The molecule has 0 radical (unpaired) electrons. The average Bonchev–Trinajstić information content (AvgIpc) is 2.38. The highest BCUT2D eigenvalue weighted by atomic mass is 15.3. The summed E-state index contributed by atoms with van der Waals surface area (Å²) >= 11 is 0. The molecule has 0 aliphatic carbocycles. The van der Waals surface area contributed by atoms with Crippen LogP contribution in [0, 0.1) is 23.7 Å². The van der Waals surface area contributed by atoms with E-state index in [-0.39, 0.29) is 0 Å². The molecule has 3 fully saturated rings. The zero-order valence-electron chi connectivity index (χ0n) is 15.3. The first-order valence-electron chi connectivity index (χ1n) is 9.70. The molecule has 0 aromatic rings. The Balaban J connectivity index is 1.26. The van der Waals surface area contributed by atoms with E-state index in [2.05, 4.69) is 42.4 Å². The van der Waals surface area contributed by atoms with Crippen molar-refractivity contribution in [2.45, 2.75) is 46.6 Å². The topological polar surface area (TPSA) is 9.72 Å². The third kappa shape index (κ3) is 4.04. The maximum absolute atomic E-state index is 2.74. The van der Waals surface area contributed by atoms with Crippen molar-refractivity contribution in [3.05, 3.63) is 0 Å². The van der Waals surface area contributed by atoms with Crippen molar-refractivity contribution in [3.8, 4) is 0 Å². The van der Waals surface area contributed by atoms with Gasteiger partial charge in [0, 0.05) is 45.3 Å². The van der Waals surface area contributed by atoms with Crippen LogP contribution in [0.25, 0.3) is 0 Å². The summed E-state index contributed by atoms with van der Waals surface area (Å²) in [6.07, 6.45) is 2.86. The van der Waals surface area contributed by atoms with Gasteiger partial charge in [0.1, 0.15) is 0 Å². The van der Waals surface area contributed by atoms with Crippen LogP contribution >= 0.6 is 0 Å². The van der Waals surface area contributed by atoms with Gasteiger partial charge in [-0.3, -0.25) is 0 Å². The summed E-state index contributed by atoms with van der Waals surface area (Å²) < 4.78 is 0. The molecule has 3 heterocycles. The number of nitrogens with zero attached hydrogens (tertiary/aromatic N) is 3. The normalized spacial score (nSPS) is 27.5. The van der Waals surface area contributed by atoms with Crippen molar-refractivity contribution in [1.82, 2.24) is 14.7 Å². The van der Waals surface area contributed by atoms with Crippen molar-refractivity contribution < 1.29 is 0 Å². The molecular weight excluding hydrogens is 270 g/mol. The monoisotopic (exact) mass is 307 g/mol. The SMILES string of the molecule is CC(C)C1CCN(CC2CN(CC3CN(C(C)C)C3)C2)CC1. The lowest BCUT2D eigenvalue weighted by atomic mass is 9.86. The lowest BCUT2D eigenvalue weighted by Gasteiger charge is -2.49. The second kappa shape index (κ2) is 7.19. The summed E-state index contributed by atoms with van der Waals surface area (Å²) in [5.41, 5.74) is 0. The maximum Gasteiger partial charge on any atom is 0.00388 e. The van der Waals surface area contributed by atoms with Gasteiger partial charge in [-0.05, 0) is 63.5 Å². The first-order valence-corrected chi connectivity index (χ1v) is 9.70. The smallest absolute Gasteiger partial charge is 0.00388 e. The van der Waals surface area contributed by atoms with Gasteiger partial charge in [0.05, 0.1) is 0 Å². The Morgan fingerprint density at radius 2 is 1.32 bits per heavy atom. The third-order valence-electron chi connectivity index (χ3n) is 6.36. The molecule has 22 heavy (non-hydrogen) atoms. The molecule has 128 valence electrons. The number of rotatable bonds is 6. The second-order valence-corrected chi connectivity index (χ2v) is 8.88. The fourth-order valence-electron chi connectivity index (χ4n) is 4.62. The second-order valence-electron chi connectivity index (χ2n) is 8.88. The zero-order chi connectivity index (χ0) is 15.7. The molecule has 3 nitrogen and oxygen atoms in total. The molecule has 0 bridgehead atoms. The van der Waals surface area contributed by atoms with E-state index in [1.165, 1.54) is 65.2 Å². The van der Waals surface area contributed by atoms with Gasteiger partial charge < -0.3 is 14.7 Å². The lowest BCUT2D eigenvalue weighted by molar-refractivity contribution is -0.00380. The lowest BCUT2D eigenvalue weighted by Crippen LogP contribution is -2.59. The standard InChI is InChI=1S/C19H37N3/c1-15(2)19-5-7-20(8-6-19)9-17-10-21(11-17)12-18-13-22(14-18)16(3)4/h15-19H,5-14H2,1-4H3. The molecule has 0 amide bonds. The van der Waals surface area contributed by atoms with Crippen molar-refractivity contribution in [2.24, 2.45) is 23.7 Å². The Morgan fingerprint density at radius 3 is 1.86 bits per heavy atom. The van der Waals surface area contributed by atoms with Crippen LogP contribution in [0.5, 0.6) is 0 Å². The maximum atomic E-state index is 2.74. The van der Waals surface area contributed by atoms with E-state index in [1.807, 2.05) is 0 Å². The highest BCUT2D eigenvalue weighted by Gasteiger charge is 2.35. The zero-order valence-corrected chi connectivity index (χ0v) is 15.3. The molecule has 0 aromatic heterocycles. The van der Waals surface area contributed by atoms with Crippen LogP contribution in [0.15, 0.2) is 0 Å². The minimum atomic E-state index is 0.745. The van der Waals surface area contributed by atoms with Gasteiger partial charge >= 0.3 is 0 Å². The quantitative estimate of drug-likeness (QED) is 0.747. The van der Waals surface area contributed by atoms with Crippen LogP contribution < -0.4 is 0 Å². The van der Waals surface area contributed by atoms with E-state index in [1.54, 1.807) is 0 Å². The number of piperidine rings is 1. The van der Waals surface area contributed by atoms with Crippen LogP contribution in [0.2, 0.25) is 0 Å². The first kappa shape index (κ1) is 16.7. The van der Waals surface area contributed by atoms with Gasteiger partial charge in [0.25, 0.3) is 0 Å². The van der Waals surface area contributed by atoms with Crippen molar-refractivity contribution in [3.63, 3.8) is 0 Å². The van der Waals surface area contributed by atoms with Gasteiger partial charge in [-0.25, -0.2) is 0 Å². The van der Waals surface area contributed by atoms with Crippen LogP contribution in [0.4, 0.5) is 0 Å². The summed E-state index contributed by atoms with van der Waals surface area (Å²) in [5.74, 6) is 3.77. The molecule has 3 heteroatoms. The van der Waals surface area contributed by atoms with E-state index in [4.69, 9.17) is 0 Å². The molecule has 3 aliphatic rings. The van der Waals surface area contributed by atoms with E-state index < -0.39 is 0 Å². The van der Waals surface area contributed by atoms with Gasteiger partial charge in [-0.15, -0.1) is 0 Å². The molecule has 3 aliphatic heterocycles. The minimum absolute atomic E-state index is 0.745. The van der Waals surface area contributed by atoms with Gasteiger partial charge in [-0.1, -0.05) is 13.8 Å². The molecule has 0 saturated carbocycles. The first-order chi connectivity index (χ1) is 10.5. The average molecular weight is 308 g/mol. The molecule has 3 rings (SSSR count). The highest BCUT2D eigenvalue weighted by Crippen LogP contribution is 2.27. The van der Waals surface area contributed by atoms with E-state index in [0.717, 1.165) is 29.7 Å². The van der Waals surface area contributed by atoms with Gasteiger partial charge in [0.15, 0.2) is 0 Å². The van der Waals surface area contributed by atoms with E-state index in [0.29, 0.717) is 0 Å². The number of hydrogen-bond acceptors (Lipinski definition) is 3. The van der Waals surface area contributed by atoms with Crippen LogP contribution in [-0.4, -0.2) is 73.1 Å². The van der Waals surface area contributed by atoms with Gasteiger partial charge in [0.2, 0.25) is 0 Å². The Bertz CT molecular complexity index is 335. The fourth-order valence-corrected chi connectivity index (χ4v) is 4.62. The molecule has 0 aromatic carbocycles. The predicted octanol–water partition coefficient (Wildman–Crippen LogP) is 2.63. The highest BCUT2D eigenvalue weighted by molar-refractivity contribution is 4.89. The molecule has 0 unspecified atom stereocenters. The molecule has 0 atom stereocenters. The Hall–Kier alpha value is -0.120. The number of hydrogen-bond donors (Lipinski definition) is 0. The Morgan fingerprint density at radius 1 is 0.773 bits per heavy atom. The van der Waals surface area contributed by atoms with Gasteiger partial charge in [-0.2, -0.15) is 0 Å². The predicted molar refractivity (Wildman–Crippen MR) is 94.1 cm³/mol. The largest absolute Gasteiger partial charge is 0.303 e. The fraction of sp³-hybridized carbons (Fsp3) is 1.00. The summed E-state index contributed by atoms with van der Waals surface area (Å²) in [5, 5.41) is 0. The van der Waals surface area contributed by atoms with Crippen LogP contribution in [0.1, 0.15) is 40.5 Å². The minimum Gasteiger partial charge on any atom is -0.303 e. The molecule has 0 N–H and O–H groups in total. The molecule has 0 spiro atoms. The Kier molecular flexibility index (Phi) is 5.47. The van der Waals surface area contributed by atoms with Crippen molar-refractivity contribution in [1.29, 1.82) is 0 Å². The van der Waals surface area contributed by atoms with Crippen LogP contribution in [-0.2, 0) is 0 Å². The summed E-state index contributed by atoms with van der Waals surface area (Å²) in [7, 11) is 0. The molecular formula is C19H37N3. The van der Waals surface area contributed by atoms with Crippen molar-refractivity contribution in [2.75, 3.05) is 52.4 Å². The van der Waals surface area contributed by atoms with E-state index in [9.17, 15) is 0 Å². The summed E-state index contributed by atoms with van der Waals surface area (Å²) in [6, 6.07) is 0.745. The van der Waals surface area contributed by atoms with E-state index >= 15 is 0 Å².